The number of carboxylic acids is 1. The van der Waals surface area contributed by atoms with Crippen molar-refractivity contribution < 1.29 is 48.3 Å². The Hall–Kier alpha value is -10.4. The molecule has 4 bridgehead atoms. The van der Waals surface area contributed by atoms with Gasteiger partial charge >= 0.3 is 17.9 Å². The van der Waals surface area contributed by atoms with E-state index in [1.54, 1.807) is 7.11 Å². The van der Waals surface area contributed by atoms with Crippen LogP contribution < -0.4 is 9.47 Å². The van der Waals surface area contributed by atoms with Gasteiger partial charge in [-0.3, -0.25) is 4.79 Å². The number of aryl methyl sites for hydroxylation is 4. The molecule has 4 aliphatic rings. The van der Waals surface area contributed by atoms with Crippen LogP contribution in [0.25, 0.3) is 0 Å². The van der Waals surface area contributed by atoms with Crippen molar-refractivity contribution >= 4 is 61.5 Å². The molecule has 107 heavy (non-hydrogen) atoms. The lowest BCUT2D eigenvalue weighted by atomic mass is 9.67. The van der Waals surface area contributed by atoms with Crippen LogP contribution in [-0.4, -0.2) is 60.7 Å². The minimum Gasteiger partial charge on any atom is -0.507 e. The summed E-state index contributed by atoms with van der Waals surface area (Å²) in [5.74, 6) is 1.66. The molecule has 0 amide bonds. The van der Waals surface area contributed by atoms with Crippen LogP contribution in [0.4, 0.5) is 0 Å². The minimum absolute atomic E-state index is 0.0458. The van der Waals surface area contributed by atoms with Crippen LogP contribution in [0, 0.1) is 45.4 Å². The predicted octanol–water partition coefficient (Wildman–Crippen LogP) is 21.1. The monoisotopic (exact) mass is 1500 g/mol. The second-order valence-corrected chi connectivity index (χ2v) is 34.5. The number of hydrogen-bond acceptors (Lipinski definition) is 9. The van der Waals surface area contributed by atoms with Gasteiger partial charge in [0, 0.05) is 36.3 Å². The average Bonchev–Trinajstić information content (AvgIpc) is 1.71. The molecular formula is C93H92O10S4+4. The Morgan fingerprint density at radius 3 is 1.25 bits per heavy atom. The van der Waals surface area contributed by atoms with E-state index in [9.17, 15) is 19.5 Å². The van der Waals surface area contributed by atoms with E-state index in [1.165, 1.54) is 53.9 Å². The van der Waals surface area contributed by atoms with Crippen LogP contribution in [-0.2, 0) is 72.2 Å². The summed E-state index contributed by atoms with van der Waals surface area (Å²) in [4.78, 5) is 50.8. The number of hydrogen-bond donors (Lipinski definition) is 2. The molecule has 5 atom stereocenters. The number of phenols is 1. The zero-order valence-corrected chi connectivity index (χ0v) is 64.8. The summed E-state index contributed by atoms with van der Waals surface area (Å²) in [6.45, 7) is 15.6. The largest absolute Gasteiger partial charge is 0.507 e. The highest BCUT2D eigenvalue weighted by molar-refractivity contribution is 8.01. The van der Waals surface area contributed by atoms with Gasteiger partial charge in [-0.05, 0) is 235 Å². The molecule has 15 rings (SSSR count). The van der Waals surface area contributed by atoms with Crippen LogP contribution in [0.15, 0.2) is 380 Å². The molecule has 11 aromatic carbocycles. The van der Waals surface area contributed by atoms with Gasteiger partial charge in [0.1, 0.15) is 35.2 Å². The Bertz CT molecular complexity index is 4580. The van der Waals surface area contributed by atoms with E-state index in [0.717, 1.165) is 64.2 Å². The molecule has 10 nitrogen and oxygen atoms in total. The number of carboxylic acid groups (broad SMARTS) is 1. The lowest BCUT2D eigenvalue weighted by molar-refractivity contribution is -0.175. The molecule has 544 valence electrons. The molecule has 0 aromatic heterocycles. The van der Waals surface area contributed by atoms with E-state index in [2.05, 4.69) is 225 Å². The second-order valence-electron chi connectivity index (χ2n) is 26.3. The standard InChI is InChI=1S/C32H35O5S.C22H20O3S.C20H18OS.C19H17OS/c1-4-28(21(2)15-22(3)38(26-11-7-5-8-12-26)27-13-9-6-10-14-27)35-20-30(33)37-31-24-16-23-17-25(19-24)32(34)36-29(31)18-23;1-16-13-20(14-17(2)22(16)25-15-21(23)24)26(18-9-5-3-6-10-18)19-11-7-4-8-12-19;1-15-13-19(14-16(2)20(15)21)22(17-9-5-3-6-10-17)18-11-7-4-8-12-18;1-20-16-12-14-19(15-13-16)21(17-8-4-2-5-9-17)18-10-6-3-7-11-18/h4-15,23-25,29,31H,3,16-20H2,1-2H3;3-14H,15H2,1-2H3;3-14H,1-2H3;2-15H,1H3/q+1;;;+1/p+2/b21-15-,28-4-;;;. The van der Waals surface area contributed by atoms with E-state index in [1.807, 2.05) is 126 Å². The van der Waals surface area contributed by atoms with Gasteiger partial charge < -0.3 is 33.9 Å². The van der Waals surface area contributed by atoms with Crippen LogP contribution in [0.5, 0.6) is 17.2 Å². The molecule has 2 aliphatic heterocycles. The van der Waals surface area contributed by atoms with E-state index >= 15 is 0 Å². The summed E-state index contributed by atoms with van der Waals surface area (Å²) in [7, 11) is 0.888. The van der Waals surface area contributed by atoms with Crippen LogP contribution in [0.1, 0.15) is 61.8 Å². The van der Waals surface area contributed by atoms with Gasteiger partial charge in [-0.1, -0.05) is 146 Å². The topological polar surface area (TPSA) is 138 Å². The number of phenolic OH excluding ortho intramolecular Hbond substituents is 1. The van der Waals surface area contributed by atoms with Crippen molar-refractivity contribution in [2.75, 3.05) is 20.3 Å². The zero-order valence-electron chi connectivity index (χ0n) is 61.5. The maximum Gasteiger partial charge on any atom is 0.344 e. The smallest absolute Gasteiger partial charge is 0.344 e. The van der Waals surface area contributed by atoms with Crippen molar-refractivity contribution in [2.45, 2.75) is 133 Å². The van der Waals surface area contributed by atoms with Crippen molar-refractivity contribution in [3.05, 3.63) is 348 Å². The third kappa shape index (κ3) is 20.6. The number of methoxy groups -OCH3 is 1. The predicted molar refractivity (Wildman–Crippen MR) is 433 cm³/mol. The van der Waals surface area contributed by atoms with Gasteiger partial charge in [-0.2, -0.15) is 0 Å². The number of fused-ring (bicyclic) bond motifs is 1. The average molecular weight is 1500 g/mol. The fourth-order valence-corrected chi connectivity index (χ4v) is 22.5. The number of rotatable bonds is 22. The third-order valence-corrected chi connectivity index (χ3v) is 27.3. The molecule has 0 radical (unpaired) electrons. The van der Waals surface area contributed by atoms with E-state index in [0.29, 0.717) is 23.2 Å². The van der Waals surface area contributed by atoms with Crippen molar-refractivity contribution in [1.82, 2.24) is 0 Å². The zero-order chi connectivity index (χ0) is 75.2. The van der Waals surface area contributed by atoms with Crippen molar-refractivity contribution in [3.8, 4) is 17.2 Å². The normalized spacial score (nSPS) is 16.4. The first-order valence-electron chi connectivity index (χ1n) is 35.9. The molecule has 2 saturated carbocycles. The number of allylic oxidation sites excluding steroid dienone is 3. The third-order valence-electron chi connectivity index (χ3n) is 18.6. The molecular weight excluding hydrogens is 1410 g/mol. The number of esters is 2. The van der Waals surface area contributed by atoms with Gasteiger partial charge in [-0.25, -0.2) is 9.59 Å². The first-order valence-corrected chi connectivity index (χ1v) is 40.8. The first kappa shape index (κ1) is 77.7. The van der Waals surface area contributed by atoms with Gasteiger partial charge in [0.2, 0.25) is 0 Å². The highest BCUT2D eigenvalue weighted by Crippen LogP contribution is 2.49. The number of ether oxygens (including phenoxy) is 5. The highest BCUT2D eigenvalue weighted by atomic mass is 32.2. The van der Waals surface area contributed by atoms with Gasteiger partial charge in [-0.15, -0.1) is 0 Å². The maximum absolute atomic E-state index is 12.8. The molecule has 5 unspecified atom stereocenters. The summed E-state index contributed by atoms with van der Waals surface area (Å²) < 4.78 is 28.2. The highest BCUT2D eigenvalue weighted by Gasteiger charge is 2.52. The van der Waals surface area contributed by atoms with Gasteiger partial charge in [0.25, 0.3) is 0 Å². The number of carbonyl (C=O) groups excluding carboxylic acids is 2. The Labute approximate surface area is 642 Å². The van der Waals surface area contributed by atoms with Crippen LogP contribution in [0.3, 0.4) is 0 Å². The van der Waals surface area contributed by atoms with Crippen LogP contribution >= 0.6 is 0 Å². The Morgan fingerprint density at radius 2 is 0.869 bits per heavy atom. The maximum atomic E-state index is 12.8. The molecule has 2 N–H and O–H groups in total. The minimum atomic E-state index is -0.971. The molecule has 0 spiro atoms. The quantitative estimate of drug-likeness (QED) is 0.0292. The molecule has 2 heterocycles. The summed E-state index contributed by atoms with van der Waals surface area (Å²) in [6, 6.07) is 101. The van der Waals surface area contributed by atoms with E-state index < -0.39 is 11.9 Å². The summed E-state index contributed by atoms with van der Waals surface area (Å²) in [5, 5.41) is 18.9. The SMILES string of the molecule is C=C(/C=C(C)\C(=C\C)OCC(=O)OC1C2CC3CC(C2)C(=O)OC1C3)[S+](c1ccccc1)c1ccccc1.COc1ccc([S+](c2ccccc2)c2ccccc2)cc1.Cc1cc([S+](c2ccccc2)c2ccccc2)cc(C)c1O.Cc1cc([S+](c2ccccc2)c2ccccc2)cc(C)c1OCC(=O)O. The number of aliphatic carboxylic acids is 1. The molecule has 2 saturated heterocycles. The van der Waals surface area contributed by atoms with Crippen LogP contribution in [0.2, 0.25) is 0 Å². The number of carbonyl (C=O) groups is 3. The van der Waals surface area contributed by atoms with Gasteiger partial charge in [0.05, 0.1) is 56.6 Å². The second kappa shape index (κ2) is 38.3. The Morgan fingerprint density at radius 1 is 0.495 bits per heavy atom. The molecule has 14 heteroatoms. The molecule has 2 aliphatic carbocycles. The van der Waals surface area contributed by atoms with E-state index in [4.69, 9.17) is 28.8 Å². The fourth-order valence-electron chi connectivity index (χ4n) is 13.8. The van der Waals surface area contributed by atoms with E-state index in [-0.39, 0.29) is 86.8 Å². The van der Waals surface area contributed by atoms with Gasteiger partial charge in [0.15, 0.2) is 72.0 Å². The van der Waals surface area contributed by atoms with Crippen molar-refractivity contribution in [3.63, 3.8) is 0 Å². The summed E-state index contributed by atoms with van der Waals surface area (Å²) in [6.07, 6.45) is 6.62. The summed E-state index contributed by atoms with van der Waals surface area (Å²) >= 11 is 0. The Balaban J connectivity index is 0.000000147. The van der Waals surface area contributed by atoms with Crippen molar-refractivity contribution in [1.29, 1.82) is 0 Å². The number of aromatic hydroxyl groups is 1. The molecule has 11 aromatic rings. The lowest BCUT2D eigenvalue weighted by Gasteiger charge is -2.41. The lowest BCUT2D eigenvalue weighted by Crippen LogP contribution is -2.45. The number of benzene rings is 11. The Kier molecular flexibility index (Phi) is 27.8. The fraction of sp³-hybridized carbons (Fsp3) is 0.194. The summed E-state index contributed by atoms with van der Waals surface area (Å²) in [5.41, 5.74) is 4.64. The molecule has 4 fully saturated rings. The van der Waals surface area contributed by atoms with Crippen molar-refractivity contribution in [2.24, 2.45) is 17.8 Å². The first-order chi connectivity index (χ1) is 52.0.